The molecule has 18 heavy (non-hydrogen) atoms. The van der Waals surface area contributed by atoms with Crippen molar-refractivity contribution in [1.29, 1.82) is 0 Å². The van der Waals surface area contributed by atoms with Gasteiger partial charge in [-0.1, -0.05) is 11.6 Å². The zero-order valence-corrected chi connectivity index (χ0v) is 10.6. The number of rotatable bonds is 3. The number of benzene rings is 1. The lowest BCUT2D eigenvalue weighted by Gasteiger charge is -2.13. The average molecular weight is 269 g/mol. The van der Waals surface area contributed by atoms with Gasteiger partial charge in [0.25, 0.3) is 0 Å². The third kappa shape index (κ3) is 2.47. The number of ether oxygens (including phenoxy) is 1. The van der Waals surface area contributed by atoms with Crippen molar-refractivity contribution in [3.8, 4) is 0 Å². The predicted octanol–water partition coefficient (Wildman–Crippen LogP) is 1.56. The number of hydrogen-bond acceptors (Lipinski definition) is 4. The highest BCUT2D eigenvalue weighted by Crippen LogP contribution is 2.34. The normalized spacial score (nSPS) is 15.9. The van der Waals surface area contributed by atoms with E-state index >= 15 is 0 Å². The summed E-state index contributed by atoms with van der Waals surface area (Å²) in [6.45, 7) is 0. The van der Waals surface area contributed by atoms with Gasteiger partial charge in [0.1, 0.15) is 0 Å². The third-order valence-corrected chi connectivity index (χ3v) is 3.11. The van der Waals surface area contributed by atoms with E-state index in [-0.39, 0.29) is 11.5 Å². The summed E-state index contributed by atoms with van der Waals surface area (Å²) < 4.78 is 4.64. The Morgan fingerprint density at radius 2 is 2.11 bits per heavy atom. The van der Waals surface area contributed by atoms with Crippen molar-refractivity contribution in [3.05, 3.63) is 28.8 Å². The first-order valence-corrected chi connectivity index (χ1v) is 5.82. The van der Waals surface area contributed by atoms with E-state index in [1.165, 1.54) is 19.2 Å². The van der Waals surface area contributed by atoms with Crippen LogP contribution in [0.3, 0.4) is 0 Å². The van der Waals surface area contributed by atoms with Crippen LogP contribution in [0, 0.1) is 0 Å². The van der Waals surface area contributed by atoms with E-state index in [0.717, 1.165) is 0 Å². The number of nitrogens with two attached hydrogens (primary N) is 1. The topological polar surface area (TPSA) is 81.4 Å². The molecule has 0 unspecified atom stereocenters. The lowest BCUT2D eigenvalue weighted by atomic mass is 10.1. The average Bonchev–Trinajstić information content (AvgIpc) is 3.08. The molecule has 0 aliphatic heterocycles. The van der Waals surface area contributed by atoms with Crippen LogP contribution in [0.1, 0.15) is 23.2 Å². The molecule has 1 aliphatic rings. The van der Waals surface area contributed by atoms with Gasteiger partial charge in [-0.2, -0.15) is 0 Å². The highest BCUT2D eigenvalue weighted by Gasteiger charge is 2.46. The van der Waals surface area contributed by atoms with Gasteiger partial charge in [-0.15, -0.1) is 0 Å². The zero-order valence-electron chi connectivity index (χ0n) is 9.83. The van der Waals surface area contributed by atoms with Gasteiger partial charge in [-0.05, 0) is 31.0 Å². The van der Waals surface area contributed by atoms with E-state index in [9.17, 15) is 9.59 Å². The molecule has 0 saturated heterocycles. The Morgan fingerprint density at radius 3 is 2.67 bits per heavy atom. The smallest absolute Gasteiger partial charge is 0.339 e. The molecule has 1 amide bonds. The Kier molecular flexibility index (Phi) is 3.28. The van der Waals surface area contributed by atoms with Crippen LogP contribution in [0.5, 0.6) is 0 Å². The number of esters is 1. The van der Waals surface area contributed by atoms with Crippen molar-refractivity contribution < 1.29 is 14.3 Å². The molecule has 1 saturated carbocycles. The molecule has 0 heterocycles. The Morgan fingerprint density at radius 1 is 1.44 bits per heavy atom. The van der Waals surface area contributed by atoms with Crippen molar-refractivity contribution in [2.24, 2.45) is 5.73 Å². The molecule has 0 radical (unpaired) electrons. The fourth-order valence-electron chi connectivity index (χ4n) is 1.52. The molecule has 1 fully saturated rings. The van der Waals surface area contributed by atoms with Gasteiger partial charge in [-0.25, -0.2) is 4.79 Å². The standard InChI is InChI=1S/C12H13ClN2O3/c1-18-10(16)8-3-2-7(13)6-9(8)15-11(17)12(14)4-5-12/h2-3,6H,4-5,14H2,1H3,(H,15,17). The van der Waals surface area contributed by atoms with Gasteiger partial charge in [-0.3, -0.25) is 4.79 Å². The van der Waals surface area contributed by atoms with Crippen LogP contribution < -0.4 is 11.1 Å². The molecule has 6 heteroatoms. The van der Waals surface area contributed by atoms with Crippen LogP contribution in [-0.2, 0) is 9.53 Å². The highest BCUT2D eigenvalue weighted by atomic mass is 35.5. The monoisotopic (exact) mass is 268 g/mol. The van der Waals surface area contributed by atoms with Gasteiger partial charge in [0.15, 0.2) is 0 Å². The summed E-state index contributed by atoms with van der Waals surface area (Å²) >= 11 is 5.84. The largest absolute Gasteiger partial charge is 0.465 e. The summed E-state index contributed by atoms with van der Waals surface area (Å²) in [5, 5.41) is 3.04. The molecule has 2 rings (SSSR count). The Bertz CT molecular complexity index is 512. The van der Waals surface area contributed by atoms with E-state index in [2.05, 4.69) is 10.1 Å². The first-order valence-electron chi connectivity index (χ1n) is 5.44. The number of anilines is 1. The van der Waals surface area contributed by atoms with Crippen molar-refractivity contribution in [2.75, 3.05) is 12.4 Å². The maximum atomic E-state index is 11.8. The molecular weight excluding hydrogens is 256 g/mol. The van der Waals surface area contributed by atoms with E-state index in [0.29, 0.717) is 23.6 Å². The molecule has 1 aromatic rings. The Hall–Kier alpha value is -1.59. The molecule has 1 aliphatic carbocycles. The maximum absolute atomic E-state index is 11.8. The number of carbonyl (C=O) groups is 2. The molecule has 3 N–H and O–H groups in total. The van der Waals surface area contributed by atoms with Crippen molar-refractivity contribution >= 4 is 29.2 Å². The number of carbonyl (C=O) groups excluding carboxylic acids is 2. The number of halogens is 1. The van der Waals surface area contributed by atoms with Crippen molar-refractivity contribution in [3.63, 3.8) is 0 Å². The molecule has 1 aromatic carbocycles. The zero-order chi connectivity index (χ0) is 13.3. The first kappa shape index (κ1) is 12.9. The van der Waals surface area contributed by atoms with Gasteiger partial charge >= 0.3 is 5.97 Å². The number of hydrogen-bond donors (Lipinski definition) is 2. The fraction of sp³-hybridized carbons (Fsp3) is 0.333. The molecular formula is C12H13ClN2O3. The summed E-state index contributed by atoms with van der Waals surface area (Å²) in [6.07, 6.45) is 1.29. The van der Waals surface area contributed by atoms with Gasteiger partial charge < -0.3 is 15.8 Å². The molecule has 0 aromatic heterocycles. The van der Waals surface area contributed by atoms with Crippen LogP contribution >= 0.6 is 11.6 Å². The van der Waals surface area contributed by atoms with Gasteiger partial charge in [0, 0.05) is 5.02 Å². The third-order valence-electron chi connectivity index (χ3n) is 2.88. The van der Waals surface area contributed by atoms with Crippen LogP contribution in [0.15, 0.2) is 18.2 Å². The second-order valence-electron chi connectivity index (χ2n) is 4.29. The summed E-state index contributed by atoms with van der Waals surface area (Å²) in [6, 6.07) is 4.55. The lowest BCUT2D eigenvalue weighted by Crippen LogP contribution is -2.38. The quantitative estimate of drug-likeness (QED) is 0.815. The number of amides is 1. The summed E-state index contributed by atoms with van der Waals surface area (Å²) in [7, 11) is 1.27. The minimum atomic E-state index is -0.810. The number of methoxy groups -OCH3 is 1. The van der Waals surface area contributed by atoms with E-state index < -0.39 is 11.5 Å². The fourth-order valence-corrected chi connectivity index (χ4v) is 1.69. The van der Waals surface area contributed by atoms with Crippen molar-refractivity contribution in [1.82, 2.24) is 0 Å². The van der Waals surface area contributed by atoms with Crippen molar-refractivity contribution in [2.45, 2.75) is 18.4 Å². The minimum Gasteiger partial charge on any atom is -0.465 e. The SMILES string of the molecule is COC(=O)c1ccc(Cl)cc1NC(=O)C1(N)CC1. The van der Waals surface area contributed by atoms with E-state index in [1.807, 2.05) is 0 Å². The Labute approximate surface area is 109 Å². The van der Waals surface area contributed by atoms with Crippen LogP contribution in [0.4, 0.5) is 5.69 Å². The lowest BCUT2D eigenvalue weighted by molar-refractivity contribution is -0.118. The Balaban J connectivity index is 2.27. The molecule has 5 nitrogen and oxygen atoms in total. The van der Waals surface area contributed by atoms with E-state index in [4.69, 9.17) is 17.3 Å². The minimum absolute atomic E-state index is 0.250. The van der Waals surface area contributed by atoms with Crippen LogP contribution in [-0.4, -0.2) is 24.5 Å². The number of nitrogens with one attached hydrogen (secondary N) is 1. The molecule has 96 valence electrons. The first-order chi connectivity index (χ1) is 8.46. The second kappa shape index (κ2) is 4.59. The molecule has 0 spiro atoms. The predicted molar refractivity (Wildman–Crippen MR) is 67.6 cm³/mol. The maximum Gasteiger partial charge on any atom is 0.339 e. The molecule has 0 atom stereocenters. The van der Waals surface area contributed by atoms with Gasteiger partial charge in [0.2, 0.25) is 5.91 Å². The van der Waals surface area contributed by atoms with Gasteiger partial charge in [0.05, 0.1) is 23.9 Å². The second-order valence-corrected chi connectivity index (χ2v) is 4.73. The summed E-state index contributed by atoms with van der Waals surface area (Å²) in [5.41, 5.74) is 5.53. The summed E-state index contributed by atoms with van der Waals surface area (Å²) in [5.74, 6) is -0.848. The molecule has 0 bridgehead atoms. The highest BCUT2D eigenvalue weighted by molar-refractivity contribution is 6.31. The van der Waals surface area contributed by atoms with Crippen LogP contribution in [0.2, 0.25) is 5.02 Å². The summed E-state index contributed by atoms with van der Waals surface area (Å²) in [4.78, 5) is 23.4. The van der Waals surface area contributed by atoms with Crippen LogP contribution in [0.25, 0.3) is 0 Å². The van der Waals surface area contributed by atoms with E-state index in [1.54, 1.807) is 6.07 Å².